The number of thiazole rings is 1. The number of hydrogen-bond acceptors (Lipinski definition) is 6. The molecule has 1 rings (SSSR count). The van der Waals surface area contributed by atoms with Crippen LogP contribution in [-0.4, -0.2) is 39.2 Å². The first-order valence-electron chi connectivity index (χ1n) is 4.77. The fourth-order valence-corrected chi connectivity index (χ4v) is 1.96. The van der Waals surface area contributed by atoms with Gasteiger partial charge in [-0.1, -0.05) is 11.3 Å². The van der Waals surface area contributed by atoms with E-state index in [1.165, 1.54) is 6.92 Å². The van der Waals surface area contributed by atoms with Gasteiger partial charge >= 0.3 is 5.97 Å². The third kappa shape index (κ3) is 3.14. The lowest BCUT2D eigenvalue weighted by Crippen LogP contribution is -2.47. The van der Waals surface area contributed by atoms with Crippen LogP contribution in [0.15, 0.2) is 0 Å². The van der Waals surface area contributed by atoms with Gasteiger partial charge in [-0.3, -0.25) is 4.79 Å². The van der Waals surface area contributed by atoms with Gasteiger partial charge in [0.25, 0.3) is 5.91 Å². The van der Waals surface area contributed by atoms with E-state index < -0.39 is 24.0 Å². The fourth-order valence-electron chi connectivity index (χ4n) is 1.22. The Bertz CT molecular complexity index is 443. The molecular weight excluding hydrogens is 246 g/mol. The van der Waals surface area contributed by atoms with Gasteiger partial charge in [-0.15, -0.1) is 0 Å². The zero-order chi connectivity index (χ0) is 13.2. The van der Waals surface area contributed by atoms with Gasteiger partial charge in [0.1, 0.15) is 4.88 Å². The first kappa shape index (κ1) is 13.4. The summed E-state index contributed by atoms with van der Waals surface area (Å²) in [6.45, 7) is 2.88. The minimum Gasteiger partial charge on any atom is -0.480 e. The maximum Gasteiger partial charge on any atom is 0.328 e. The van der Waals surface area contributed by atoms with E-state index in [2.05, 4.69) is 10.3 Å². The molecule has 17 heavy (non-hydrogen) atoms. The SMILES string of the molecule is Cc1nc(N)sc1C(=O)NC(C(=O)O)C(C)O. The van der Waals surface area contributed by atoms with Crippen molar-refractivity contribution in [2.45, 2.75) is 26.0 Å². The predicted octanol–water partition coefficient (Wildman–Crippen LogP) is -0.402. The highest BCUT2D eigenvalue weighted by molar-refractivity contribution is 7.17. The number of nitrogens with one attached hydrogen (secondary N) is 1. The number of aryl methyl sites for hydroxylation is 1. The van der Waals surface area contributed by atoms with E-state index in [9.17, 15) is 14.7 Å². The van der Waals surface area contributed by atoms with Gasteiger partial charge in [0.15, 0.2) is 11.2 Å². The molecule has 94 valence electrons. The molecule has 1 aromatic heterocycles. The minimum absolute atomic E-state index is 0.233. The van der Waals surface area contributed by atoms with Crippen molar-refractivity contribution < 1.29 is 19.8 Å². The summed E-state index contributed by atoms with van der Waals surface area (Å²) < 4.78 is 0. The van der Waals surface area contributed by atoms with Crippen molar-refractivity contribution in [1.29, 1.82) is 0 Å². The molecule has 2 atom stereocenters. The summed E-state index contributed by atoms with van der Waals surface area (Å²) in [5.41, 5.74) is 5.86. The molecule has 0 aromatic carbocycles. The van der Waals surface area contributed by atoms with Crippen LogP contribution in [0.1, 0.15) is 22.3 Å². The smallest absolute Gasteiger partial charge is 0.328 e. The summed E-state index contributed by atoms with van der Waals surface area (Å²) in [6, 6.07) is -1.36. The Morgan fingerprint density at radius 2 is 2.12 bits per heavy atom. The summed E-state index contributed by atoms with van der Waals surface area (Å²) in [5, 5.41) is 20.5. The topological polar surface area (TPSA) is 126 Å². The predicted molar refractivity (Wildman–Crippen MR) is 61.8 cm³/mol. The van der Waals surface area contributed by atoms with Crippen LogP contribution < -0.4 is 11.1 Å². The lowest BCUT2D eigenvalue weighted by Gasteiger charge is -2.16. The number of carbonyl (C=O) groups is 2. The average molecular weight is 259 g/mol. The molecule has 0 fully saturated rings. The Balaban J connectivity index is 2.85. The molecule has 0 saturated carbocycles. The van der Waals surface area contributed by atoms with E-state index in [0.717, 1.165) is 11.3 Å². The van der Waals surface area contributed by atoms with Crippen LogP contribution in [0.2, 0.25) is 0 Å². The van der Waals surface area contributed by atoms with Crippen LogP contribution >= 0.6 is 11.3 Å². The van der Waals surface area contributed by atoms with Crippen molar-refractivity contribution in [2.24, 2.45) is 0 Å². The van der Waals surface area contributed by atoms with Crippen molar-refractivity contribution in [3.05, 3.63) is 10.6 Å². The number of nitrogen functional groups attached to an aromatic ring is 1. The van der Waals surface area contributed by atoms with E-state index in [1.54, 1.807) is 6.92 Å². The van der Waals surface area contributed by atoms with Gasteiger partial charge < -0.3 is 21.3 Å². The number of aliphatic hydroxyl groups is 1. The van der Waals surface area contributed by atoms with Crippen LogP contribution in [0.5, 0.6) is 0 Å². The summed E-state index contributed by atoms with van der Waals surface area (Å²) in [5.74, 6) is -1.91. The lowest BCUT2D eigenvalue weighted by atomic mass is 10.2. The number of nitrogens with zero attached hydrogens (tertiary/aromatic N) is 1. The standard InChI is InChI=1S/C9H13N3O4S/c1-3-6(17-9(10)11-3)7(14)12-5(4(2)13)8(15)16/h4-5,13H,1-2H3,(H2,10,11)(H,12,14)(H,15,16). The third-order valence-electron chi connectivity index (χ3n) is 2.05. The molecule has 0 bridgehead atoms. The molecular formula is C9H13N3O4S. The van der Waals surface area contributed by atoms with E-state index in [4.69, 9.17) is 10.8 Å². The summed E-state index contributed by atoms with van der Waals surface area (Å²) in [7, 11) is 0. The monoisotopic (exact) mass is 259 g/mol. The van der Waals surface area contributed by atoms with Crippen molar-refractivity contribution >= 4 is 28.3 Å². The Hall–Kier alpha value is -1.67. The zero-order valence-electron chi connectivity index (χ0n) is 9.30. The minimum atomic E-state index is -1.36. The largest absolute Gasteiger partial charge is 0.480 e. The van der Waals surface area contributed by atoms with E-state index in [1.807, 2.05) is 0 Å². The molecule has 1 heterocycles. The lowest BCUT2D eigenvalue weighted by molar-refractivity contribution is -0.141. The summed E-state index contributed by atoms with van der Waals surface area (Å²) in [6.07, 6.45) is -1.19. The van der Waals surface area contributed by atoms with E-state index in [-0.39, 0.29) is 10.0 Å². The van der Waals surface area contributed by atoms with E-state index >= 15 is 0 Å². The molecule has 8 heteroatoms. The number of carboxylic acid groups (broad SMARTS) is 1. The molecule has 1 amide bonds. The number of aliphatic carboxylic acids is 1. The van der Waals surface area contributed by atoms with Crippen LogP contribution in [0.4, 0.5) is 5.13 Å². The summed E-state index contributed by atoms with van der Waals surface area (Å²) in [4.78, 5) is 26.6. The molecule has 0 saturated heterocycles. The maximum atomic E-state index is 11.7. The van der Waals surface area contributed by atoms with Crippen LogP contribution in [-0.2, 0) is 4.79 Å². The zero-order valence-corrected chi connectivity index (χ0v) is 10.1. The first-order chi connectivity index (χ1) is 7.82. The number of nitrogens with two attached hydrogens (primary N) is 1. The molecule has 7 nitrogen and oxygen atoms in total. The van der Waals surface area contributed by atoms with Gasteiger partial charge in [0.05, 0.1) is 11.8 Å². The van der Waals surface area contributed by atoms with Crippen LogP contribution in [0.3, 0.4) is 0 Å². The number of carboxylic acids is 1. The van der Waals surface area contributed by atoms with Gasteiger partial charge in [-0.05, 0) is 13.8 Å². The first-order valence-corrected chi connectivity index (χ1v) is 5.59. The average Bonchev–Trinajstić information content (AvgIpc) is 2.53. The highest BCUT2D eigenvalue weighted by Gasteiger charge is 2.26. The summed E-state index contributed by atoms with van der Waals surface area (Å²) >= 11 is 0.968. The molecule has 2 unspecified atom stereocenters. The third-order valence-corrected chi connectivity index (χ3v) is 3.04. The second kappa shape index (κ2) is 5.11. The van der Waals surface area contributed by atoms with Gasteiger partial charge in [0.2, 0.25) is 0 Å². The second-order valence-electron chi connectivity index (χ2n) is 3.50. The number of aliphatic hydroxyl groups excluding tert-OH is 1. The van der Waals surface area contributed by atoms with Gasteiger partial charge in [-0.2, -0.15) is 0 Å². The molecule has 0 aliphatic rings. The normalized spacial score (nSPS) is 14.1. The van der Waals surface area contributed by atoms with Gasteiger partial charge in [0, 0.05) is 0 Å². The number of carbonyl (C=O) groups excluding carboxylic acids is 1. The van der Waals surface area contributed by atoms with Gasteiger partial charge in [-0.25, -0.2) is 9.78 Å². The van der Waals surface area contributed by atoms with Crippen molar-refractivity contribution in [3.8, 4) is 0 Å². The molecule has 1 aromatic rings. The Labute approximate surface area is 101 Å². The maximum absolute atomic E-state index is 11.7. The molecule has 0 aliphatic heterocycles. The van der Waals surface area contributed by atoms with Crippen LogP contribution in [0.25, 0.3) is 0 Å². The Morgan fingerprint density at radius 1 is 1.53 bits per heavy atom. The van der Waals surface area contributed by atoms with E-state index in [0.29, 0.717) is 5.69 Å². The highest BCUT2D eigenvalue weighted by atomic mass is 32.1. The molecule has 0 spiro atoms. The second-order valence-corrected chi connectivity index (χ2v) is 4.53. The number of amides is 1. The Morgan fingerprint density at radius 3 is 2.47 bits per heavy atom. The van der Waals surface area contributed by atoms with Crippen molar-refractivity contribution in [1.82, 2.24) is 10.3 Å². The van der Waals surface area contributed by atoms with Crippen molar-refractivity contribution in [2.75, 3.05) is 5.73 Å². The highest BCUT2D eigenvalue weighted by Crippen LogP contribution is 2.19. The fraction of sp³-hybridized carbons (Fsp3) is 0.444. The quantitative estimate of drug-likeness (QED) is 0.583. The number of aromatic nitrogens is 1. The number of rotatable bonds is 4. The molecule has 5 N–H and O–H groups in total. The number of hydrogen-bond donors (Lipinski definition) is 4. The molecule has 0 radical (unpaired) electrons. The Kier molecular flexibility index (Phi) is 4.02. The van der Waals surface area contributed by atoms with Crippen LogP contribution in [0, 0.1) is 6.92 Å². The van der Waals surface area contributed by atoms with Crippen molar-refractivity contribution in [3.63, 3.8) is 0 Å². The number of anilines is 1. The molecule has 0 aliphatic carbocycles.